The number of aliphatic hydroxyl groups excluding tert-OH is 2. The summed E-state index contributed by atoms with van der Waals surface area (Å²) < 4.78 is 10.4. The molecule has 0 amide bonds. The van der Waals surface area contributed by atoms with Crippen molar-refractivity contribution < 1.29 is 19.7 Å². The van der Waals surface area contributed by atoms with Crippen molar-refractivity contribution in [3.63, 3.8) is 0 Å². The van der Waals surface area contributed by atoms with Crippen molar-refractivity contribution in [3.05, 3.63) is 23.8 Å². The average molecular weight is 227 g/mol. The Morgan fingerprint density at radius 2 is 2.06 bits per heavy atom. The van der Waals surface area contributed by atoms with Gasteiger partial charge >= 0.3 is 0 Å². The zero-order valence-corrected chi connectivity index (χ0v) is 9.22. The topological polar surface area (TPSA) is 84.9 Å². The smallest absolute Gasteiger partial charge is 0.161 e. The van der Waals surface area contributed by atoms with Gasteiger partial charge in [0.1, 0.15) is 6.61 Å². The second-order valence-corrected chi connectivity index (χ2v) is 3.27. The van der Waals surface area contributed by atoms with Crippen molar-refractivity contribution in [1.29, 1.82) is 0 Å². The highest BCUT2D eigenvalue weighted by atomic mass is 16.5. The standard InChI is InChI=1S/C11H17NO4/c1-15-11-6-8(9(12)7-14)2-3-10(11)16-5-4-13/h2-3,6,9,13-14H,4-5,7,12H2,1H3/t9-/m1/s1. The first-order valence-electron chi connectivity index (χ1n) is 5.01. The lowest BCUT2D eigenvalue weighted by Crippen LogP contribution is -2.14. The molecule has 0 spiro atoms. The van der Waals surface area contributed by atoms with Gasteiger partial charge in [-0.15, -0.1) is 0 Å². The van der Waals surface area contributed by atoms with Crippen LogP contribution >= 0.6 is 0 Å². The fourth-order valence-electron chi connectivity index (χ4n) is 1.30. The first-order valence-corrected chi connectivity index (χ1v) is 5.01. The first kappa shape index (κ1) is 12.8. The number of aliphatic hydroxyl groups is 2. The van der Waals surface area contributed by atoms with Gasteiger partial charge in [-0.05, 0) is 17.7 Å². The first-order chi connectivity index (χ1) is 7.72. The van der Waals surface area contributed by atoms with Crippen LogP contribution in [0, 0.1) is 0 Å². The molecule has 1 aromatic carbocycles. The second-order valence-electron chi connectivity index (χ2n) is 3.27. The Labute approximate surface area is 94.4 Å². The monoisotopic (exact) mass is 227 g/mol. The van der Waals surface area contributed by atoms with Crippen molar-refractivity contribution >= 4 is 0 Å². The Morgan fingerprint density at radius 3 is 2.62 bits per heavy atom. The highest BCUT2D eigenvalue weighted by Crippen LogP contribution is 2.29. The maximum atomic E-state index is 8.93. The number of hydrogen-bond donors (Lipinski definition) is 3. The largest absolute Gasteiger partial charge is 0.493 e. The van der Waals surface area contributed by atoms with E-state index in [2.05, 4.69) is 0 Å². The van der Waals surface area contributed by atoms with Gasteiger partial charge in [-0.1, -0.05) is 6.07 Å². The van der Waals surface area contributed by atoms with Crippen molar-refractivity contribution in [2.75, 3.05) is 26.9 Å². The van der Waals surface area contributed by atoms with Crippen molar-refractivity contribution in [3.8, 4) is 11.5 Å². The van der Waals surface area contributed by atoms with E-state index in [-0.39, 0.29) is 19.8 Å². The fraction of sp³-hybridized carbons (Fsp3) is 0.455. The third-order valence-corrected chi connectivity index (χ3v) is 2.16. The van der Waals surface area contributed by atoms with E-state index < -0.39 is 6.04 Å². The van der Waals surface area contributed by atoms with Crippen LogP contribution in [-0.2, 0) is 0 Å². The van der Waals surface area contributed by atoms with Gasteiger partial charge in [0.25, 0.3) is 0 Å². The van der Waals surface area contributed by atoms with Crippen molar-refractivity contribution in [2.24, 2.45) is 5.73 Å². The van der Waals surface area contributed by atoms with Crippen LogP contribution in [0.2, 0.25) is 0 Å². The summed E-state index contributed by atoms with van der Waals surface area (Å²) in [6.07, 6.45) is 0. The Balaban J connectivity index is 2.88. The van der Waals surface area contributed by atoms with Gasteiger partial charge in [0.2, 0.25) is 0 Å². The molecule has 1 rings (SSSR count). The Hall–Kier alpha value is -1.30. The molecule has 0 saturated carbocycles. The Kier molecular flexibility index (Phi) is 5.04. The highest BCUT2D eigenvalue weighted by molar-refractivity contribution is 5.43. The molecule has 1 atom stereocenters. The highest BCUT2D eigenvalue weighted by Gasteiger charge is 2.09. The van der Waals surface area contributed by atoms with E-state index in [0.717, 1.165) is 5.56 Å². The van der Waals surface area contributed by atoms with E-state index in [0.29, 0.717) is 11.5 Å². The fourth-order valence-corrected chi connectivity index (χ4v) is 1.30. The minimum Gasteiger partial charge on any atom is -0.493 e. The minimum absolute atomic E-state index is 0.0545. The predicted octanol–water partition coefficient (Wildman–Crippen LogP) is 0.0584. The molecule has 5 nitrogen and oxygen atoms in total. The van der Waals surface area contributed by atoms with Crippen LogP contribution in [0.4, 0.5) is 0 Å². The van der Waals surface area contributed by atoms with E-state index in [9.17, 15) is 0 Å². The van der Waals surface area contributed by atoms with Gasteiger partial charge in [-0.25, -0.2) is 0 Å². The zero-order chi connectivity index (χ0) is 12.0. The van der Waals surface area contributed by atoms with Gasteiger partial charge in [0, 0.05) is 0 Å². The molecular weight excluding hydrogens is 210 g/mol. The van der Waals surface area contributed by atoms with Crippen LogP contribution < -0.4 is 15.2 Å². The summed E-state index contributed by atoms with van der Waals surface area (Å²) >= 11 is 0. The van der Waals surface area contributed by atoms with Gasteiger partial charge in [0.15, 0.2) is 11.5 Å². The molecule has 0 aliphatic carbocycles. The summed E-state index contributed by atoms with van der Waals surface area (Å²) in [5.74, 6) is 1.08. The summed E-state index contributed by atoms with van der Waals surface area (Å²) in [6, 6.07) is 4.75. The summed E-state index contributed by atoms with van der Waals surface area (Å²) in [7, 11) is 1.52. The van der Waals surface area contributed by atoms with Gasteiger partial charge < -0.3 is 25.4 Å². The molecule has 5 heteroatoms. The molecule has 0 bridgehead atoms. The molecule has 4 N–H and O–H groups in total. The number of hydrogen-bond acceptors (Lipinski definition) is 5. The molecule has 0 aliphatic heterocycles. The lowest BCUT2D eigenvalue weighted by Gasteiger charge is -2.14. The molecule has 0 saturated heterocycles. The molecule has 0 fully saturated rings. The average Bonchev–Trinajstić information content (AvgIpc) is 2.35. The van der Waals surface area contributed by atoms with Gasteiger partial charge in [-0.2, -0.15) is 0 Å². The van der Waals surface area contributed by atoms with Crippen molar-refractivity contribution in [2.45, 2.75) is 6.04 Å². The lowest BCUT2D eigenvalue weighted by atomic mass is 10.1. The van der Waals surface area contributed by atoms with E-state index in [1.807, 2.05) is 0 Å². The van der Waals surface area contributed by atoms with Crippen LogP contribution in [0.25, 0.3) is 0 Å². The third-order valence-electron chi connectivity index (χ3n) is 2.16. The van der Waals surface area contributed by atoms with Gasteiger partial charge in [-0.3, -0.25) is 0 Å². The van der Waals surface area contributed by atoms with E-state index in [1.165, 1.54) is 7.11 Å². The number of benzene rings is 1. The lowest BCUT2D eigenvalue weighted by molar-refractivity contribution is 0.196. The normalized spacial score (nSPS) is 12.2. The predicted molar refractivity (Wildman–Crippen MR) is 59.6 cm³/mol. The summed E-state index contributed by atoms with van der Waals surface area (Å²) in [6.45, 7) is 0.0306. The zero-order valence-electron chi connectivity index (χ0n) is 9.22. The SMILES string of the molecule is COc1cc([C@H](N)CO)ccc1OCCO. The molecule has 0 aromatic heterocycles. The molecule has 16 heavy (non-hydrogen) atoms. The van der Waals surface area contributed by atoms with Crippen LogP contribution in [0.1, 0.15) is 11.6 Å². The van der Waals surface area contributed by atoms with Crippen molar-refractivity contribution in [1.82, 2.24) is 0 Å². The third kappa shape index (κ3) is 3.10. The Morgan fingerprint density at radius 1 is 1.31 bits per heavy atom. The van der Waals surface area contributed by atoms with Crippen LogP contribution in [-0.4, -0.2) is 37.1 Å². The molecule has 0 radical (unpaired) electrons. The van der Waals surface area contributed by atoms with Crippen LogP contribution in [0.5, 0.6) is 11.5 Å². The number of nitrogens with two attached hydrogens (primary N) is 1. The number of methoxy groups -OCH3 is 1. The molecular formula is C11H17NO4. The maximum Gasteiger partial charge on any atom is 0.161 e. The number of rotatable bonds is 6. The molecule has 90 valence electrons. The molecule has 0 aliphatic rings. The van der Waals surface area contributed by atoms with Crippen LogP contribution in [0.15, 0.2) is 18.2 Å². The summed E-state index contributed by atoms with van der Waals surface area (Å²) in [5.41, 5.74) is 6.46. The maximum absolute atomic E-state index is 8.93. The van der Waals surface area contributed by atoms with Crippen LogP contribution in [0.3, 0.4) is 0 Å². The van der Waals surface area contributed by atoms with E-state index in [4.69, 9.17) is 25.4 Å². The minimum atomic E-state index is -0.430. The number of ether oxygens (including phenoxy) is 2. The van der Waals surface area contributed by atoms with Gasteiger partial charge in [0.05, 0.1) is 26.4 Å². The van der Waals surface area contributed by atoms with E-state index in [1.54, 1.807) is 18.2 Å². The summed E-state index contributed by atoms with van der Waals surface area (Å²) in [4.78, 5) is 0. The molecule has 0 unspecified atom stereocenters. The van der Waals surface area contributed by atoms with E-state index >= 15 is 0 Å². The second kappa shape index (κ2) is 6.32. The molecule has 1 aromatic rings. The Bertz CT molecular complexity index is 330. The quantitative estimate of drug-likeness (QED) is 0.640. The molecule has 0 heterocycles. The summed E-state index contributed by atoms with van der Waals surface area (Å²) in [5, 5.41) is 17.6.